The Balaban J connectivity index is 1.58. The highest BCUT2D eigenvalue weighted by Crippen LogP contribution is 2.42. The molecule has 1 atom stereocenters. The van der Waals surface area contributed by atoms with E-state index >= 15 is 0 Å². The number of benzene rings is 2. The number of halogens is 3. The smallest absolute Gasteiger partial charge is 0.409 e. The summed E-state index contributed by atoms with van der Waals surface area (Å²) < 4.78 is 31.7. The van der Waals surface area contributed by atoms with E-state index in [1.54, 1.807) is 36.4 Å². The molecule has 0 spiro atoms. The maximum atomic E-state index is 13.0. The second-order valence-corrected chi connectivity index (χ2v) is 7.57. The van der Waals surface area contributed by atoms with E-state index in [1.807, 2.05) is 0 Å². The molecule has 1 fully saturated rings. The lowest BCUT2D eigenvalue weighted by atomic mass is 9.96. The summed E-state index contributed by atoms with van der Waals surface area (Å²) in [6, 6.07) is 10.1. The van der Waals surface area contributed by atoms with Crippen molar-refractivity contribution in [3.63, 3.8) is 0 Å². The molecule has 29 heavy (non-hydrogen) atoms. The Morgan fingerprint density at radius 1 is 1.21 bits per heavy atom. The summed E-state index contributed by atoms with van der Waals surface area (Å²) in [7, 11) is 1.42. The number of ether oxygens (including phenoxy) is 1. The van der Waals surface area contributed by atoms with E-state index < -0.39 is 37.2 Å². The molecular weight excluding hydrogens is 406 g/mol. The molecule has 152 valence electrons. The molecule has 0 aliphatic carbocycles. The maximum Gasteiger partial charge on any atom is 0.409 e. The Hall–Kier alpha value is -2.87. The summed E-state index contributed by atoms with van der Waals surface area (Å²) in [5, 5.41) is 9.58. The highest BCUT2D eigenvalue weighted by molar-refractivity contribution is 6.32. The van der Waals surface area contributed by atoms with Crippen LogP contribution in [0.4, 0.5) is 13.6 Å². The zero-order chi connectivity index (χ0) is 20.9. The van der Waals surface area contributed by atoms with Crippen molar-refractivity contribution in [1.29, 1.82) is 0 Å². The topological polar surface area (TPSA) is 70.1 Å². The lowest BCUT2D eigenvalue weighted by molar-refractivity contribution is -0.113. The predicted molar refractivity (Wildman–Crippen MR) is 102 cm³/mol. The Bertz CT molecular complexity index is 989. The minimum atomic E-state index is -2.81. The van der Waals surface area contributed by atoms with Crippen LogP contribution in [0.5, 0.6) is 5.75 Å². The third kappa shape index (κ3) is 3.48. The molecule has 0 aromatic heterocycles. The number of likely N-dealkylation sites (tertiary alicyclic amines) is 1. The van der Waals surface area contributed by atoms with E-state index in [2.05, 4.69) is 0 Å². The fourth-order valence-corrected chi connectivity index (χ4v) is 3.74. The van der Waals surface area contributed by atoms with Gasteiger partial charge >= 0.3 is 6.09 Å². The van der Waals surface area contributed by atoms with Crippen molar-refractivity contribution in [2.24, 2.45) is 0 Å². The summed E-state index contributed by atoms with van der Waals surface area (Å²) >= 11 is 6.22. The van der Waals surface area contributed by atoms with Crippen molar-refractivity contribution in [2.45, 2.75) is 18.6 Å². The van der Waals surface area contributed by atoms with Crippen molar-refractivity contribution in [3.8, 4) is 16.9 Å². The van der Waals surface area contributed by atoms with Crippen LogP contribution in [0.1, 0.15) is 15.9 Å². The minimum absolute atomic E-state index is 0.328. The zero-order valence-electron chi connectivity index (χ0n) is 15.4. The Morgan fingerprint density at radius 2 is 1.86 bits per heavy atom. The largest absolute Gasteiger partial charge is 0.468 e. The van der Waals surface area contributed by atoms with Gasteiger partial charge in [-0.3, -0.25) is 9.69 Å². The molecule has 0 saturated carbocycles. The normalized spacial score (nSPS) is 19.2. The van der Waals surface area contributed by atoms with Crippen molar-refractivity contribution >= 4 is 23.6 Å². The highest BCUT2D eigenvalue weighted by Gasteiger charge is 2.46. The quantitative estimate of drug-likeness (QED) is 0.812. The molecule has 1 unspecified atom stereocenters. The van der Waals surface area contributed by atoms with E-state index in [0.717, 1.165) is 26.5 Å². The lowest BCUT2D eigenvalue weighted by Gasteiger charge is -2.38. The number of likely N-dealkylation sites (N-methyl/N-ethyl adjacent to an activating group) is 1. The van der Waals surface area contributed by atoms with Crippen LogP contribution in [0.2, 0.25) is 5.02 Å². The molecule has 2 aromatic carbocycles. The molecule has 0 radical (unpaired) electrons. The fourth-order valence-electron chi connectivity index (χ4n) is 3.52. The number of hydrogen-bond acceptors (Lipinski definition) is 3. The first-order valence-corrected chi connectivity index (χ1v) is 9.25. The van der Waals surface area contributed by atoms with Gasteiger partial charge in [0.2, 0.25) is 0 Å². The fraction of sp³-hybridized carbons (Fsp3) is 0.300. The highest BCUT2D eigenvalue weighted by atomic mass is 35.5. The number of carbonyl (C=O) groups excluding carboxylic acids is 1. The molecule has 4 rings (SSSR count). The van der Waals surface area contributed by atoms with E-state index in [4.69, 9.17) is 16.3 Å². The molecule has 1 N–H and O–H groups in total. The van der Waals surface area contributed by atoms with Gasteiger partial charge in [0.05, 0.1) is 18.1 Å². The first-order valence-electron chi connectivity index (χ1n) is 8.87. The van der Waals surface area contributed by atoms with Crippen LogP contribution in [0.25, 0.3) is 11.1 Å². The molecule has 2 aliphatic heterocycles. The van der Waals surface area contributed by atoms with E-state index in [9.17, 15) is 23.5 Å². The van der Waals surface area contributed by atoms with Gasteiger partial charge in [-0.1, -0.05) is 29.8 Å². The number of carboxylic acid groups (broad SMARTS) is 1. The van der Waals surface area contributed by atoms with Crippen molar-refractivity contribution in [2.75, 3.05) is 20.1 Å². The van der Waals surface area contributed by atoms with Crippen LogP contribution in [0, 0.1) is 0 Å². The van der Waals surface area contributed by atoms with Crippen molar-refractivity contribution in [3.05, 3.63) is 52.5 Å². The number of hydrogen-bond donors (Lipinski definition) is 1. The van der Waals surface area contributed by atoms with Gasteiger partial charge in [0.15, 0.2) is 6.23 Å². The SMILES string of the molecule is CN(C(=O)O)C1Cc2c(-c3ccc(C(=O)N4CC(F)(F)C4)cc3)ccc(Cl)c2O1. The molecule has 6 nitrogen and oxygen atoms in total. The Morgan fingerprint density at radius 3 is 2.45 bits per heavy atom. The first-order chi connectivity index (χ1) is 13.7. The van der Waals surface area contributed by atoms with Crippen LogP contribution < -0.4 is 4.74 Å². The lowest BCUT2D eigenvalue weighted by Crippen LogP contribution is -2.58. The number of fused-ring (bicyclic) bond motifs is 1. The average Bonchev–Trinajstić information content (AvgIpc) is 3.11. The second-order valence-electron chi connectivity index (χ2n) is 7.17. The van der Waals surface area contributed by atoms with Crippen LogP contribution in [-0.4, -0.2) is 59.2 Å². The summed E-state index contributed by atoms with van der Waals surface area (Å²) in [5.74, 6) is -2.81. The molecule has 2 aromatic rings. The maximum absolute atomic E-state index is 13.0. The van der Waals surface area contributed by atoms with Crippen LogP contribution in [0.3, 0.4) is 0 Å². The van der Waals surface area contributed by atoms with E-state index in [0.29, 0.717) is 22.8 Å². The minimum Gasteiger partial charge on any atom is -0.468 e. The molecular formula is C20H17ClF2N2O4. The van der Waals surface area contributed by atoms with Gasteiger partial charge in [-0.05, 0) is 29.3 Å². The van der Waals surface area contributed by atoms with Gasteiger partial charge in [-0.2, -0.15) is 0 Å². The summed E-state index contributed by atoms with van der Waals surface area (Å²) in [6.45, 7) is -1.12. The molecule has 2 heterocycles. The third-order valence-electron chi connectivity index (χ3n) is 5.15. The summed E-state index contributed by atoms with van der Waals surface area (Å²) in [6.07, 6.45) is -1.47. The Kier molecular flexibility index (Phi) is 4.61. The van der Waals surface area contributed by atoms with Gasteiger partial charge in [-0.25, -0.2) is 13.6 Å². The molecule has 2 aliphatic rings. The van der Waals surface area contributed by atoms with Gasteiger partial charge in [0, 0.05) is 24.6 Å². The van der Waals surface area contributed by atoms with Crippen molar-refractivity contribution in [1.82, 2.24) is 9.80 Å². The number of amides is 2. The van der Waals surface area contributed by atoms with Crippen LogP contribution in [-0.2, 0) is 6.42 Å². The van der Waals surface area contributed by atoms with Crippen LogP contribution in [0.15, 0.2) is 36.4 Å². The average molecular weight is 423 g/mol. The number of alkyl halides is 2. The van der Waals surface area contributed by atoms with Crippen LogP contribution >= 0.6 is 11.6 Å². The standard InChI is InChI=1S/C20H17ClF2N2O4/c1-24(19(27)28)16-8-14-13(6-7-15(21)17(14)29-16)11-2-4-12(5-3-11)18(26)25-9-20(22,23)10-25/h2-7,16H,8-10H2,1H3,(H,27,28). The number of rotatable bonds is 3. The summed E-state index contributed by atoms with van der Waals surface area (Å²) in [4.78, 5) is 25.7. The number of carbonyl (C=O) groups is 2. The molecule has 2 amide bonds. The first kappa shape index (κ1) is 19.4. The van der Waals surface area contributed by atoms with Gasteiger partial charge in [-0.15, -0.1) is 0 Å². The Labute approximate surface area is 170 Å². The predicted octanol–water partition coefficient (Wildman–Crippen LogP) is 3.97. The molecule has 0 bridgehead atoms. The second kappa shape index (κ2) is 6.88. The van der Waals surface area contributed by atoms with E-state index in [1.165, 1.54) is 7.05 Å². The van der Waals surface area contributed by atoms with Gasteiger partial charge < -0.3 is 14.7 Å². The molecule has 9 heteroatoms. The van der Waals surface area contributed by atoms with Crippen molar-refractivity contribution < 1.29 is 28.2 Å². The zero-order valence-corrected chi connectivity index (χ0v) is 16.1. The third-order valence-corrected chi connectivity index (χ3v) is 5.45. The monoisotopic (exact) mass is 422 g/mol. The molecule has 1 saturated heterocycles. The van der Waals surface area contributed by atoms with E-state index in [-0.39, 0.29) is 0 Å². The van der Waals surface area contributed by atoms with Gasteiger partial charge in [0.1, 0.15) is 5.75 Å². The van der Waals surface area contributed by atoms with Gasteiger partial charge in [0.25, 0.3) is 11.8 Å². The summed E-state index contributed by atoms with van der Waals surface area (Å²) in [5.41, 5.74) is 2.69. The number of nitrogens with zero attached hydrogens (tertiary/aromatic N) is 2.